The molecule has 0 aliphatic heterocycles. The van der Waals surface area contributed by atoms with Gasteiger partial charge in [0.15, 0.2) is 6.04 Å². The maximum Gasteiger partial charge on any atom is 0.328 e. The summed E-state index contributed by atoms with van der Waals surface area (Å²) < 4.78 is 12.6. The number of aliphatic carboxylic acids is 1. The van der Waals surface area contributed by atoms with Gasteiger partial charge in [-0.25, -0.2) is 14.2 Å². The monoisotopic (exact) mass is 387 g/mol. The quantitative estimate of drug-likeness (QED) is 0.667. The van der Waals surface area contributed by atoms with Gasteiger partial charge in [-0.3, -0.25) is 9.59 Å². The van der Waals surface area contributed by atoms with E-state index in [0.29, 0.717) is 16.0 Å². The largest absolute Gasteiger partial charge is 0.480 e. The SMILES string of the molecule is Cc1sc2nc(CSC(C)C(=O)NC(CF)C(=O)O)[nH]c(=O)c2c1C. The van der Waals surface area contributed by atoms with E-state index in [0.717, 1.165) is 10.4 Å². The van der Waals surface area contributed by atoms with Crippen molar-refractivity contribution >= 4 is 45.2 Å². The van der Waals surface area contributed by atoms with Crippen LogP contribution in [0.4, 0.5) is 4.39 Å². The summed E-state index contributed by atoms with van der Waals surface area (Å²) in [4.78, 5) is 43.6. The van der Waals surface area contributed by atoms with Crippen LogP contribution in [0.3, 0.4) is 0 Å². The normalized spacial score (nSPS) is 13.6. The smallest absolute Gasteiger partial charge is 0.328 e. The molecule has 0 aromatic carbocycles. The molecule has 0 saturated heterocycles. The van der Waals surface area contributed by atoms with Crippen molar-refractivity contribution in [2.24, 2.45) is 0 Å². The zero-order chi connectivity index (χ0) is 18.7. The van der Waals surface area contributed by atoms with Crippen LogP contribution >= 0.6 is 23.1 Å². The van der Waals surface area contributed by atoms with Crippen LogP contribution in [0, 0.1) is 13.8 Å². The summed E-state index contributed by atoms with van der Waals surface area (Å²) in [6.07, 6.45) is 0. The Balaban J connectivity index is 2.05. The first kappa shape index (κ1) is 19.4. The minimum absolute atomic E-state index is 0.220. The van der Waals surface area contributed by atoms with Crippen LogP contribution in [0.5, 0.6) is 0 Å². The van der Waals surface area contributed by atoms with Gasteiger partial charge in [0.1, 0.15) is 17.3 Å². The van der Waals surface area contributed by atoms with Crippen molar-refractivity contribution in [3.8, 4) is 0 Å². The number of aryl methyl sites for hydroxylation is 2. The lowest BCUT2D eigenvalue weighted by Gasteiger charge is -2.15. The van der Waals surface area contributed by atoms with Crippen LogP contribution in [0.2, 0.25) is 0 Å². The van der Waals surface area contributed by atoms with E-state index in [1.54, 1.807) is 6.92 Å². The Hall–Kier alpha value is -1.94. The molecular formula is C15H18FN3O4S2. The second-order valence-electron chi connectivity index (χ2n) is 5.48. The Morgan fingerprint density at radius 3 is 2.72 bits per heavy atom. The standard InChI is InChI=1S/C15H18FN3O4S2/c1-6-7(2)25-14-11(6)13(21)18-10(19-14)5-24-8(3)12(20)17-9(4-16)15(22)23/h8-9H,4-5H2,1-3H3,(H,17,20)(H,22,23)(H,18,19,21). The molecule has 2 heterocycles. The van der Waals surface area contributed by atoms with Crippen LogP contribution in [0.25, 0.3) is 10.2 Å². The topological polar surface area (TPSA) is 112 Å². The molecular weight excluding hydrogens is 369 g/mol. The number of carbonyl (C=O) groups excluding carboxylic acids is 1. The number of alkyl halides is 1. The number of rotatable bonds is 7. The molecule has 2 unspecified atom stereocenters. The number of carbonyl (C=O) groups is 2. The number of fused-ring (bicyclic) bond motifs is 1. The zero-order valence-corrected chi connectivity index (χ0v) is 15.5. The van der Waals surface area contributed by atoms with Gasteiger partial charge < -0.3 is 15.4 Å². The molecule has 0 radical (unpaired) electrons. The molecule has 136 valence electrons. The van der Waals surface area contributed by atoms with Gasteiger partial charge >= 0.3 is 5.97 Å². The minimum Gasteiger partial charge on any atom is -0.480 e. The van der Waals surface area contributed by atoms with Crippen molar-refractivity contribution in [1.29, 1.82) is 0 Å². The average molecular weight is 387 g/mol. The summed E-state index contributed by atoms with van der Waals surface area (Å²) in [5.74, 6) is -1.30. The van der Waals surface area contributed by atoms with Crippen LogP contribution in [0.1, 0.15) is 23.2 Å². The van der Waals surface area contributed by atoms with E-state index >= 15 is 0 Å². The molecule has 0 saturated carbocycles. The third-order valence-electron chi connectivity index (χ3n) is 3.70. The number of aromatic amines is 1. The first-order valence-corrected chi connectivity index (χ1v) is 9.30. The molecule has 7 nitrogen and oxygen atoms in total. The van der Waals surface area contributed by atoms with E-state index < -0.39 is 29.8 Å². The van der Waals surface area contributed by atoms with Crippen molar-refractivity contribution in [2.45, 2.75) is 37.8 Å². The molecule has 2 rings (SSSR count). The molecule has 0 spiro atoms. The number of aromatic nitrogens is 2. The second kappa shape index (κ2) is 7.96. The second-order valence-corrected chi connectivity index (χ2v) is 8.02. The van der Waals surface area contributed by atoms with E-state index in [-0.39, 0.29) is 11.3 Å². The number of hydrogen-bond acceptors (Lipinski definition) is 6. The maximum absolute atomic E-state index is 12.6. The first-order chi connectivity index (χ1) is 11.7. The van der Waals surface area contributed by atoms with Crippen molar-refractivity contribution < 1.29 is 19.1 Å². The molecule has 0 aliphatic carbocycles. The van der Waals surface area contributed by atoms with Gasteiger partial charge in [0.05, 0.1) is 16.4 Å². The van der Waals surface area contributed by atoms with Crippen LogP contribution in [0.15, 0.2) is 4.79 Å². The Labute approximate surface area is 151 Å². The molecule has 2 aromatic rings. The number of thiophene rings is 1. The van der Waals surface area contributed by atoms with E-state index in [2.05, 4.69) is 15.3 Å². The Morgan fingerprint density at radius 2 is 2.12 bits per heavy atom. The number of halogens is 1. The number of thioether (sulfide) groups is 1. The number of carboxylic acid groups (broad SMARTS) is 1. The van der Waals surface area contributed by atoms with Crippen molar-refractivity contribution in [1.82, 2.24) is 15.3 Å². The van der Waals surface area contributed by atoms with Gasteiger partial charge in [-0.05, 0) is 26.3 Å². The van der Waals surface area contributed by atoms with Gasteiger partial charge in [-0.15, -0.1) is 23.1 Å². The highest BCUT2D eigenvalue weighted by molar-refractivity contribution is 7.99. The summed E-state index contributed by atoms with van der Waals surface area (Å²) in [6.45, 7) is 4.19. The van der Waals surface area contributed by atoms with Crippen molar-refractivity contribution in [2.75, 3.05) is 6.67 Å². The summed E-state index contributed by atoms with van der Waals surface area (Å²) >= 11 is 2.61. The van der Waals surface area contributed by atoms with Gasteiger partial charge in [-0.1, -0.05) is 0 Å². The van der Waals surface area contributed by atoms with E-state index in [1.165, 1.54) is 23.1 Å². The predicted molar refractivity (Wildman–Crippen MR) is 96.0 cm³/mol. The van der Waals surface area contributed by atoms with Crippen molar-refractivity contribution in [3.05, 3.63) is 26.6 Å². The Kier molecular flexibility index (Phi) is 6.17. The fourth-order valence-electron chi connectivity index (χ4n) is 2.10. The van der Waals surface area contributed by atoms with Crippen molar-refractivity contribution in [3.63, 3.8) is 0 Å². The molecule has 2 atom stereocenters. The predicted octanol–water partition coefficient (Wildman–Crippen LogP) is 1.76. The van der Waals surface area contributed by atoms with Gasteiger partial charge in [0, 0.05) is 4.88 Å². The highest BCUT2D eigenvalue weighted by Crippen LogP contribution is 2.26. The summed E-state index contributed by atoms with van der Waals surface area (Å²) in [5.41, 5.74) is 0.689. The number of hydrogen-bond donors (Lipinski definition) is 3. The van der Waals surface area contributed by atoms with Gasteiger partial charge in [-0.2, -0.15) is 0 Å². The lowest BCUT2D eigenvalue weighted by atomic mass is 10.2. The van der Waals surface area contributed by atoms with Crippen LogP contribution < -0.4 is 10.9 Å². The highest BCUT2D eigenvalue weighted by atomic mass is 32.2. The lowest BCUT2D eigenvalue weighted by molar-refractivity contribution is -0.142. The summed E-state index contributed by atoms with van der Waals surface area (Å²) in [7, 11) is 0. The number of nitrogens with zero attached hydrogens (tertiary/aromatic N) is 1. The third kappa shape index (κ3) is 4.37. The molecule has 3 N–H and O–H groups in total. The van der Waals surface area contributed by atoms with Crippen LogP contribution in [-0.2, 0) is 15.3 Å². The van der Waals surface area contributed by atoms with E-state index in [9.17, 15) is 18.8 Å². The minimum atomic E-state index is -1.55. The molecule has 0 bridgehead atoms. The number of nitrogens with one attached hydrogen (secondary N) is 2. The average Bonchev–Trinajstić information content (AvgIpc) is 2.84. The zero-order valence-electron chi connectivity index (χ0n) is 13.9. The van der Waals surface area contributed by atoms with Gasteiger partial charge in [0.25, 0.3) is 5.56 Å². The van der Waals surface area contributed by atoms with Crippen LogP contribution in [-0.4, -0.2) is 44.9 Å². The highest BCUT2D eigenvalue weighted by Gasteiger charge is 2.23. The molecule has 25 heavy (non-hydrogen) atoms. The molecule has 0 aliphatic rings. The number of amides is 1. The molecule has 2 aromatic heterocycles. The fraction of sp³-hybridized carbons (Fsp3) is 0.467. The van der Waals surface area contributed by atoms with E-state index in [4.69, 9.17) is 5.11 Å². The Bertz CT molecular complexity index is 864. The Morgan fingerprint density at radius 1 is 1.44 bits per heavy atom. The number of H-pyrrole nitrogens is 1. The first-order valence-electron chi connectivity index (χ1n) is 7.44. The van der Waals surface area contributed by atoms with E-state index in [1.807, 2.05) is 13.8 Å². The molecule has 1 amide bonds. The van der Waals surface area contributed by atoms with Gasteiger partial charge in [0.2, 0.25) is 5.91 Å². The third-order valence-corrected chi connectivity index (χ3v) is 5.95. The molecule has 10 heteroatoms. The fourth-order valence-corrected chi connectivity index (χ4v) is 3.92. The number of carboxylic acids is 1. The summed E-state index contributed by atoms with van der Waals surface area (Å²) in [5, 5.41) is 10.8. The molecule has 0 fully saturated rings. The lowest BCUT2D eigenvalue weighted by Crippen LogP contribution is -2.45. The summed E-state index contributed by atoms with van der Waals surface area (Å²) in [6, 6.07) is -1.55. The maximum atomic E-state index is 12.6.